The summed E-state index contributed by atoms with van der Waals surface area (Å²) in [4.78, 5) is 0. The molecular weight excluding hydrogens is 224 g/mol. The van der Waals surface area contributed by atoms with Gasteiger partial charge in [-0.2, -0.15) is 0 Å². The van der Waals surface area contributed by atoms with Crippen LogP contribution >= 0.6 is 0 Å². The minimum Gasteiger partial charge on any atom is -0.489 e. The van der Waals surface area contributed by atoms with E-state index < -0.39 is 0 Å². The molecule has 1 saturated carbocycles. The van der Waals surface area contributed by atoms with Crippen LogP contribution in [0.15, 0.2) is 18.2 Å². The largest absolute Gasteiger partial charge is 0.489 e. The van der Waals surface area contributed by atoms with Crippen molar-refractivity contribution < 1.29 is 4.74 Å². The number of para-hydroxylation sites is 1. The van der Waals surface area contributed by atoms with Crippen molar-refractivity contribution in [2.75, 3.05) is 17.6 Å². The first-order valence-electron chi connectivity index (χ1n) is 6.96. The number of rotatable bonds is 6. The van der Waals surface area contributed by atoms with Crippen LogP contribution in [0.5, 0.6) is 5.75 Å². The van der Waals surface area contributed by atoms with E-state index in [2.05, 4.69) is 5.32 Å². The molecule has 3 nitrogen and oxygen atoms in total. The molecule has 100 valence electrons. The number of ether oxygens (including phenoxy) is 1. The van der Waals surface area contributed by atoms with Crippen LogP contribution in [-0.2, 0) is 0 Å². The predicted octanol–water partition coefficient (Wildman–Crippen LogP) is 3.66. The van der Waals surface area contributed by atoms with E-state index in [-0.39, 0.29) is 6.10 Å². The van der Waals surface area contributed by atoms with Crippen LogP contribution in [0.1, 0.15) is 39.5 Å². The minimum atomic E-state index is 0.150. The number of nitrogens with one attached hydrogen (secondary N) is 1. The first-order valence-corrected chi connectivity index (χ1v) is 6.96. The summed E-state index contributed by atoms with van der Waals surface area (Å²) in [7, 11) is 0. The van der Waals surface area contributed by atoms with Gasteiger partial charge in [-0.05, 0) is 38.3 Å². The van der Waals surface area contributed by atoms with Gasteiger partial charge in [-0.25, -0.2) is 0 Å². The van der Waals surface area contributed by atoms with Gasteiger partial charge in [-0.3, -0.25) is 0 Å². The molecule has 0 saturated heterocycles. The summed E-state index contributed by atoms with van der Waals surface area (Å²) in [5.41, 5.74) is 7.82. The molecule has 3 heteroatoms. The Bertz CT molecular complexity index is 386. The molecule has 1 aromatic rings. The smallest absolute Gasteiger partial charge is 0.144 e. The Hall–Kier alpha value is -1.38. The highest BCUT2D eigenvalue weighted by Crippen LogP contribution is 2.32. The standard InChI is InChI=1S/C15H24N2O/c1-11(2)18-14-8-4-7-13(15(14)16)17-10-9-12-5-3-6-12/h4,7-8,11-12,17H,3,5-6,9-10,16H2,1-2H3. The van der Waals surface area contributed by atoms with Crippen LogP contribution in [0.25, 0.3) is 0 Å². The predicted molar refractivity (Wildman–Crippen MR) is 77.1 cm³/mol. The molecule has 0 unspecified atom stereocenters. The van der Waals surface area contributed by atoms with Crippen LogP contribution in [-0.4, -0.2) is 12.6 Å². The van der Waals surface area contributed by atoms with Gasteiger partial charge in [0.2, 0.25) is 0 Å². The van der Waals surface area contributed by atoms with Gasteiger partial charge in [0.15, 0.2) is 0 Å². The third kappa shape index (κ3) is 3.31. The molecule has 0 aromatic heterocycles. The summed E-state index contributed by atoms with van der Waals surface area (Å²) >= 11 is 0. The molecule has 3 N–H and O–H groups in total. The van der Waals surface area contributed by atoms with Crippen LogP contribution in [0.2, 0.25) is 0 Å². The lowest BCUT2D eigenvalue weighted by molar-refractivity contribution is 0.244. The number of hydrogen-bond acceptors (Lipinski definition) is 3. The molecule has 1 aliphatic rings. The van der Waals surface area contributed by atoms with Gasteiger partial charge in [0.25, 0.3) is 0 Å². The van der Waals surface area contributed by atoms with Gasteiger partial charge in [-0.1, -0.05) is 25.3 Å². The van der Waals surface area contributed by atoms with E-state index >= 15 is 0 Å². The second-order valence-corrected chi connectivity index (χ2v) is 5.40. The molecular formula is C15H24N2O. The second-order valence-electron chi connectivity index (χ2n) is 5.40. The van der Waals surface area contributed by atoms with E-state index in [1.165, 1.54) is 25.7 Å². The number of benzene rings is 1. The Balaban J connectivity index is 1.90. The lowest BCUT2D eigenvalue weighted by Gasteiger charge is -2.25. The van der Waals surface area contributed by atoms with Crippen molar-refractivity contribution in [1.29, 1.82) is 0 Å². The molecule has 1 fully saturated rings. The van der Waals surface area contributed by atoms with Crippen molar-refractivity contribution in [2.24, 2.45) is 5.92 Å². The fourth-order valence-electron chi connectivity index (χ4n) is 2.25. The van der Waals surface area contributed by atoms with Crippen molar-refractivity contribution in [2.45, 2.75) is 45.6 Å². The van der Waals surface area contributed by atoms with E-state index in [1.807, 2.05) is 32.0 Å². The first kappa shape index (κ1) is 13.1. The Morgan fingerprint density at radius 1 is 1.39 bits per heavy atom. The van der Waals surface area contributed by atoms with Crippen LogP contribution in [0.3, 0.4) is 0 Å². The van der Waals surface area contributed by atoms with Crippen LogP contribution in [0, 0.1) is 5.92 Å². The van der Waals surface area contributed by atoms with E-state index in [9.17, 15) is 0 Å². The Kier molecular flexibility index (Phi) is 4.34. The van der Waals surface area contributed by atoms with Crippen molar-refractivity contribution in [3.63, 3.8) is 0 Å². The molecule has 2 rings (SSSR count). The van der Waals surface area contributed by atoms with Gasteiger partial charge in [-0.15, -0.1) is 0 Å². The zero-order valence-electron chi connectivity index (χ0n) is 11.4. The zero-order chi connectivity index (χ0) is 13.0. The third-order valence-corrected chi connectivity index (χ3v) is 3.52. The summed E-state index contributed by atoms with van der Waals surface area (Å²) in [5.74, 6) is 1.70. The van der Waals surface area contributed by atoms with Gasteiger partial charge in [0.1, 0.15) is 5.75 Å². The Morgan fingerprint density at radius 3 is 2.78 bits per heavy atom. The minimum absolute atomic E-state index is 0.150. The van der Waals surface area contributed by atoms with Gasteiger partial charge < -0.3 is 15.8 Å². The van der Waals surface area contributed by atoms with Gasteiger partial charge in [0, 0.05) is 6.54 Å². The topological polar surface area (TPSA) is 47.3 Å². The highest BCUT2D eigenvalue weighted by atomic mass is 16.5. The normalized spacial score (nSPS) is 15.5. The summed E-state index contributed by atoms with van der Waals surface area (Å²) in [6, 6.07) is 5.93. The summed E-state index contributed by atoms with van der Waals surface area (Å²) < 4.78 is 5.68. The van der Waals surface area contributed by atoms with Crippen molar-refractivity contribution >= 4 is 11.4 Å². The Labute approximate surface area is 110 Å². The molecule has 1 aromatic carbocycles. The SMILES string of the molecule is CC(C)Oc1cccc(NCCC2CCC2)c1N. The van der Waals surface area contributed by atoms with Crippen molar-refractivity contribution in [3.8, 4) is 5.75 Å². The average molecular weight is 248 g/mol. The van der Waals surface area contributed by atoms with Crippen LogP contribution < -0.4 is 15.8 Å². The van der Waals surface area contributed by atoms with Crippen molar-refractivity contribution in [1.82, 2.24) is 0 Å². The molecule has 0 spiro atoms. The maximum Gasteiger partial charge on any atom is 0.144 e. The third-order valence-electron chi connectivity index (χ3n) is 3.52. The van der Waals surface area contributed by atoms with Gasteiger partial charge >= 0.3 is 0 Å². The average Bonchev–Trinajstić information content (AvgIpc) is 2.26. The van der Waals surface area contributed by atoms with Gasteiger partial charge in [0.05, 0.1) is 17.5 Å². The molecule has 0 radical (unpaired) electrons. The summed E-state index contributed by atoms with van der Waals surface area (Å²) in [6.45, 7) is 5.02. The molecule has 0 amide bonds. The molecule has 18 heavy (non-hydrogen) atoms. The maximum absolute atomic E-state index is 6.11. The molecule has 0 heterocycles. The quantitative estimate of drug-likeness (QED) is 0.755. The molecule has 0 bridgehead atoms. The van der Waals surface area contributed by atoms with Crippen LogP contribution in [0.4, 0.5) is 11.4 Å². The van der Waals surface area contributed by atoms with E-state index in [0.717, 1.165) is 29.6 Å². The van der Waals surface area contributed by atoms with E-state index in [4.69, 9.17) is 10.5 Å². The van der Waals surface area contributed by atoms with E-state index in [0.29, 0.717) is 0 Å². The highest BCUT2D eigenvalue weighted by molar-refractivity contribution is 5.72. The highest BCUT2D eigenvalue weighted by Gasteiger charge is 2.16. The summed E-state index contributed by atoms with van der Waals surface area (Å²) in [5, 5.41) is 3.42. The number of nitrogen functional groups attached to an aromatic ring is 1. The lowest BCUT2D eigenvalue weighted by atomic mass is 9.83. The van der Waals surface area contributed by atoms with E-state index in [1.54, 1.807) is 0 Å². The Morgan fingerprint density at radius 2 is 2.17 bits per heavy atom. The monoisotopic (exact) mass is 248 g/mol. The fraction of sp³-hybridized carbons (Fsp3) is 0.600. The molecule has 1 aliphatic carbocycles. The molecule has 0 atom stereocenters. The maximum atomic E-state index is 6.11. The fourth-order valence-corrected chi connectivity index (χ4v) is 2.25. The number of hydrogen-bond donors (Lipinski definition) is 2. The lowest BCUT2D eigenvalue weighted by Crippen LogP contribution is -2.16. The number of nitrogens with two attached hydrogens (primary N) is 1. The zero-order valence-corrected chi connectivity index (χ0v) is 11.4. The first-order chi connectivity index (χ1) is 8.66. The number of anilines is 2. The van der Waals surface area contributed by atoms with Crippen molar-refractivity contribution in [3.05, 3.63) is 18.2 Å². The molecule has 0 aliphatic heterocycles. The summed E-state index contributed by atoms with van der Waals surface area (Å²) in [6.07, 6.45) is 5.60. The second kappa shape index (κ2) is 5.98.